The van der Waals surface area contributed by atoms with Crippen molar-refractivity contribution in [1.29, 1.82) is 0 Å². The van der Waals surface area contributed by atoms with E-state index in [0.717, 1.165) is 51.1 Å². The molecule has 362 valence electrons. The second-order valence-corrected chi connectivity index (χ2v) is 23.9. The summed E-state index contributed by atoms with van der Waals surface area (Å²) in [7, 11) is 4.40. The van der Waals surface area contributed by atoms with Crippen LogP contribution in [0.5, 0.6) is 5.75 Å². The number of Topliss-reactive ketones (excluding diaryl/α,β-unsaturated/α-hetero) is 2. The summed E-state index contributed by atoms with van der Waals surface area (Å²) in [6.07, 6.45) is 9.59. The number of aryl methyl sites for hydroxylation is 3. The van der Waals surface area contributed by atoms with Crippen LogP contribution in [0.3, 0.4) is 0 Å². The number of amides is 2. The minimum absolute atomic E-state index is 0.0164. The third kappa shape index (κ3) is 9.35. The molecule has 68 heavy (non-hydrogen) atoms. The van der Waals surface area contributed by atoms with Gasteiger partial charge in [0.2, 0.25) is 5.78 Å². The molecule has 3 aliphatic carbocycles. The number of fused-ring (bicyclic) bond motifs is 3. The summed E-state index contributed by atoms with van der Waals surface area (Å²) in [5.74, 6) is -7.58. The summed E-state index contributed by atoms with van der Waals surface area (Å²) in [6.45, 7) is 6.56. The molecule has 7 N–H and O–H groups in total. The standard InChI is InChI=1S/C55H69N4O8P/c1-33-19-16-22-37(27-33)68(38-23-17-20-34(2)28-38,39-24-18-21-35(3)29-39)26-15-13-11-9-8-10-12-14-25-44(60)57-42-32-43(58(4)5)40-30-36-31-41-48(59(6)7)51(63)47(54(56)66)53(65)55(41,67)52(64)45(36)50(62)46(40)49(42)61/h16-24,27-29,32,36,41,48,61,63-64,67-68H,8-15,25-26,30-31H2,1-7H3,(H2,56,66)(H,57,60)/t36-,41-,48-,55-/m0/s1. The number of rotatable bonds is 18. The number of carbonyl (C=O) groups is 4. The number of allylic oxidation sites excluding steroid dienone is 1. The van der Waals surface area contributed by atoms with E-state index in [2.05, 4.69) is 98.9 Å². The molecule has 12 nitrogen and oxygen atoms in total. The number of hydrogen-bond donors (Lipinski definition) is 6. The normalized spacial score (nSPS) is 20.5. The summed E-state index contributed by atoms with van der Waals surface area (Å²) in [5.41, 5.74) is 6.39. The molecule has 0 saturated carbocycles. The van der Waals surface area contributed by atoms with Crippen molar-refractivity contribution in [3.05, 3.63) is 129 Å². The summed E-state index contributed by atoms with van der Waals surface area (Å²) >= 11 is 0. The van der Waals surface area contributed by atoms with E-state index >= 15 is 0 Å². The fraction of sp³-hybridized carbons (Fsp3) is 0.418. The number of benzene rings is 4. The van der Waals surface area contributed by atoms with Gasteiger partial charge in [0.15, 0.2) is 17.1 Å². The number of aliphatic hydroxyl groups is 3. The number of phenolic OH excluding ortho intramolecular Hbond substituents is 1. The van der Waals surface area contributed by atoms with Crippen LogP contribution < -0.4 is 31.9 Å². The van der Waals surface area contributed by atoms with Gasteiger partial charge in [-0.3, -0.25) is 19.3 Å². The van der Waals surface area contributed by atoms with Gasteiger partial charge in [0, 0.05) is 31.3 Å². The van der Waals surface area contributed by atoms with Gasteiger partial charge in [0.1, 0.15) is 17.1 Å². The number of primary amides is 1. The minimum atomic E-state index is -2.74. The third-order valence-corrected chi connectivity index (χ3v) is 19.7. The van der Waals surface area contributed by atoms with Crippen LogP contribution in [0.1, 0.15) is 96.8 Å². The first kappa shape index (κ1) is 50.1. The fourth-order valence-electron chi connectivity index (χ4n) is 11.4. The van der Waals surface area contributed by atoms with E-state index in [1.54, 1.807) is 39.2 Å². The first-order valence-corrected chi connectivity index (χ1v) is 26.3. The first-order valence-electron chi connectivity index (χ1n) is 24.0. The molecule has 0 bridgehead atoms. The molecule has 0 saturated heterocycles. The quantitative estimate of drug-likeness (QED) is 0.0256. The third-order valence-electron chi connectivity index (χ3n) is 14.7. The van der Waals surface area contributed by atoms with E-state index in [4.69, 9.17) is 5.73 Å². The Morgan fingerprint density at radius 1 is 0.765 bits per heavy atom. The first-order chi connectivity index (χ1) is 32.3. The van der Waals surface area contributed by atoms with Crippen molar-refractivity contribution in [2.45, 2.75) is 103 Å². The second kappa shape index (κ2) is 20.4. The van der Waals surface area contributed by atoms with Gasteiger partial charge in [-0.2, -0.15) is 0 Å². The Labute approximate surface area is 401 Å². The van der Waals surface area contributed by atoms with Gasteiger partial charge >= 0.3 is 213 Å². The number of anilines is 2. The van der Waals surface area contributed by atoms with Crippen LogP contribution >= 0.6 is 7.26 Å². The van der Waals surface area contributed by atoms with E-state index in [9.17, 15) is 39.6 Å². The SMILES string of the molecule is Cc1cccc([PH](CCCCCCCCCCC(=O)Nc2cc(N(C)C)c3c(c2O)C(=O)C2=C(O)[C@]4(O)C(=O)C(C(N)=O)=C(O)[C@@H](N(C)C)[C@@H]4C[C@@H]2C3)(c2cccc(C)c2)c2cccc(C)c2)c1. The van der Waals surface area contributed by atoms with Crippen molar-refractivity contribution in [3.63, 3.8) is 0 Å². The van der Waals surface area contributed by atoms with Gasteiger partial charge in [0.25, 0.3) is 5.91 Å². The number of aromatic hydroxyl groups is 1. The maximum atomic E-state index is 14.4. The van der Waals surface area contributed by atoms with Gasteiger partial charge in [-0.05, 0) is 44.5 Å². The molecule has 4 aromatic rings. The van der Waals surface area contributed by atoms with Gasteiger partial charge in [-0.15, -0.1) is 0 Å². The fourth-order valence-corrected chi connectivity index (χ4v) is 16.6. The van der Waals surface area contributed by atoms with Crippen molar-refractivity contribution in [3.8, 4) is 5.75 Å². The van der Waals surface area contributed by atoms with Gasteiger partial charge in [0.05, 0.1) is 17.3 Å². The number of hydrogen-bond acceptors (Lipinski definition) is 10. The number of nitrogens with one attached hydrogen (secondary N) is 1. The molecule has 0 heterocycles. The monoisotopic (exact) mass is 944 g/mol. The van der Waals surface area contributed by atoms with Crippen molar-refractivity contribution in [2.75, 3.05) is 44.6 Å². The van der Waals surface area contributed by atoms with Crippen LogP contribution in [0.25, 0.3) is 0 Å². The molecule has 0 radical (unpaired) electrons. The zero-order valence-electron chi connectivity index (χ0n) is 40.6. The number of unbranched alkanes of at least 4 members (excludes halogenated alkanes) is 7. The van der Waals surface area contributed by atoms with Gasteiger partial charge in [-0.25, -0.2) is 0 Å². The molecule has 0 unspecified atom stereocenters. The van der Waals surface area contributed by atoms with Crippen LogP contribution in [0.2, 0.25) is 0 Å². The average molecular weight is 945 g/mol. The van der Waals surface area contributed by atoms with Crippen LogP contribution in [0.4, 0.5) is 11.4 Å². The summed E-state index contributed by atoms with van der Waals surface area (Å²) in [5, 5.41) is 53.6. The molecule has 0 aliphatic heterocycles. The zero-order chi connectivity index (χ0) is 49.2. The van der Waals surface area contributed by atoms with Gasteiger partial charge < -0.3 is 31.1 Å². The Balaban J connectivity index is 0.965. The summed E-state index contributed by atoms with van der Waals surface area (Å²) < 4.78 is 0. The number of ketones is 2. The number of nitrogens with two attached hydrogens (primary N) is 1. The van der Waals surface area contributed by atoms with Crippen molar-refractivity contribution in [1.82, 2.24) is 4.90 Å². The van der Waals surface area contributed by atoms with Crippen LogP contribution in [-0.4, -0.2) is 94.7 Å². The molecule has 7 rings (SSSR count). The molecule has 0 spiro atoms. The number of phenols is 1. The molecular formula is C55H69N4O8P. The number of carbonyl (C=O) groups excluding carboxylic acids is 4. The predicted molar refractivity (Wildman–Crippen MR) is 274 cm³/mol. The van der Waals surface area contributed by atoms with E-state index < -0.39 is 71.1 Å². The molecule has 3 aliphatic rings. The van der Waals surface area contributed by atoms with Crippen LogP contribution in [0, 0.1) is 32.6 Å². The maximum absolute atomic E-state index is 14.4. The number of aliphatic hydroxyl groups excluding tert-OH is 2. The molecule has 0 aromatic heterocycles. The van der Waals surface area contributed by atoms with E-state index in [-0.39, 0.29) is 42.0 Å². The number of likely N-dealkylation sites (N-methyl/N-ethyl adjacent to an activating group) is 1. The van der Waals surface area contributed by atoms with Crippen LogP contribution in [0.15, 0.2) is 102 Å². The van der Waals surface area contributed by atoms with E-state index in [0.29, 0.717) is 17.7 Å². The van der Waals surface area contributed by atoms with Crippen molar-refractivity contribution in [2.24, 2.45) is 17.6 Å². The molecule has 4 aromatic carbocycles. The Bertz CT molecular complexity index is 2580. The van der Waals surface area contributed by atoms with Crippen LogP contribution in [-0.2, 0) is 20.8 Å². The Kier molecular flexibility index (Phi) is 15.0. The number of nitrogens with zero attached hydrogens (tertiary/aromatic N) is 2. The molecule has 4 atom stereocenters. The van der Waals surface area contributed by atoms with E-state index in [1.807, 2.05) is 0 Å². The Morgan fingerprint density at radius 2 is 1.28 bits per heavy atom. The predicted octanol–water partition coefficient (Wildman–Crippen LogP) is 7.29. The zero-order valence-corrected chi connectivity index (χ0v) is 41.6. The average Bonchev–Trinajstić information content (AvgIpc) is 3.27. The molecule has 0 fully saturated rings. The molecule has 13 heteroatoms. The molecule has 2 amide bonds. The van der Waals surface area contributed by atoms with E-state index in [1.165, 1.54) is 37.5 Å². The topological polar surface area (TPSA) is 194 Å². The second-order valence-electron chi connectivity index (χ2n) is 19.9. The van der Waals surface area contributed by atoms with Crippen molar-refractivity contribution >= 4 is 57.9 Å². The van der Waals surface area contributed by atoms with Gasteiger partial charge in [-0.1, -0.05) is 0 Å². The Morgan fingerprint density at radius 3 is 1.76 bits per heavy atom. The molecular weight excluding hydrogens is 876 g/mol. The van der Waals surface area contributed by atoms with Crippen molar-refractivity contribution < 1.29 is 39.6 Å². The Hall–Kier alpha value is -5.81. The summed E-state index contributed by atoms with van der Waals surface area (Å²) in [6, 6.07) is 28.0. The summed E-state index contributed by atoms with van der Waals surface area (Å²) in [4.78, 5) is 57.2.